The van der Waals surface area contributed by atoms with Crippen LogP contribution in [-0.4, -0.2) is 26.0 Å². The van der Waals surface area contributed by atoms with Gasteiger partial charge in [-0.25, -0.2) is 14.8 Å². The lowest BCUT2D eigenvalue weighted by molar-refractivity contribution is -0.388. The Hall–Kier alpha value is -2.00. The summed E-state index contributed by atoms with van der Waals surface area (Å²) in [7, 11) is 0. The lowest BCUT2D eigenvalue weighted by Crippen LogP contribution is -1.99. The van der Waals surface area contributed by atoms with Crippen LogP contribution in [0.4, 0.5) is 5.69 Å². The summed E-state index contributed by atoms with van der Waals surface area (Å²) < 4.78 is 0.495. The normalized spacial score (nSPS) is 10.2. The third-order valence-electron chi connectivity index (χ3n) is 2.16. The maximum absolute atomic E-state index is 11.0. The number of halogens is 1. The van der Waals surface area contributed by atoms with Crippen molar-refractivity contribution in [2.45, 2.75) is 9.92 Å². The molecule has 0 fully saturated rings. The van der Waals surface area contributed by atoms with E-state index in [0.29, 0.717) is 9.37 Å². The van der Waals surface area contributed by atoms with Gasteiger partial charge in [-0.05, 0) is 28.1 Å². The molecule has 0 radical (unpaired) electrons. The molecule has 0 unspecified atom stereocenters. The number of carbonyl (C=O) groups is 1. The minimum absolute atomic E-state index is 0.130. The minimum Gasteiger partial charge on any atom is -0.477 e. The summed E-state index contributed by atoms with van der Waals surface area (Å²) in [6.07, 6.45) is 2.77. The highest BCUT2D eigenvalue weighted by Crippen LogP contribution is 2.34. The number of aromatic carboxylic acids is 1. The predicted octanol–water partition coefficient (Wildman–Crippen LogP) is 3.00. The van der Waals surface area contributed by atoms with E-state index >= 15 is 0 Å². The fourth-order valence-corrected chi connectivity index (χ4v) is 2.51. The standard InChI is InChI=1S/C11H6BrN3O4S/c12-6-3-9(15(18)19)10(14-5-6)20-7-1-2-13-8(4-7)11(16)17/h1-5H,(H,16,17). The summed E-state index contributed by atoms with van der Waals surface area (Å²) in [5, 5.41) is 20.0. The Labute approximate surface area is 125 Å². The van der Waals surface area contributed by atoms with Crippen LogP contribution in [0.25, 0.3) is 0 Å². The molecule has 1 N–H and O–H groups in total. The largest absolute Gasteiger partial charge is 0.477 e. The number of pyridine rings is 2. The van der Waals surface area contributed by atoms with Crippen LogP contribution >= 0.6 is 27.7 Å². The van der Waals surface area contributed by atoms with E-state index in [1.54, 1.807) is 6.07 Å². The van der Waals surface area contributed by atoms with E-state index in [9.17, 15) is 14.9 Å². The van der Waals surface area contributed by atoms with Gasteiger partial charge in [0.15, 0.2) is 5.03 Å². The van der Waals surface area contributed by atoms with Crippen LogP contribution in [0, 0.1) is 10.1 Å². The van der Waals surface area contributed by atoms with Gasteiger partial charge in [-0.1, -0.05) is 11.8 Å². The average molecular weight is 356 g/mol. The summed E-state index contributed by atoms with van der Waals surface area (Å²) >= 11 is 4.12. The number of carboxylic acid groups (broad SMARTS) is 1. The van der Waals surface area contributed by atoms with Crippen molar-refractivity contribution in [3.8, 4) is 0 Å². The van der Waals surface area contributed by atoms with Gasteiger partial charge < -0.3 is 5.11 Å². The molecule has 0 aliphatic carbocycles. The van der Waals surface area contributed by atoms with Crippen LogP contribution in [0.5, 0.6) is 0 Å². The van der Waals surface area contributed by atoms with E-state index in [1.165, 1.54) is 24.5 Å². The Kier molecular flexibility index (Phi) is 4.30. The SMILES string of the molecule is O=C(O)c1cc(Sc2ncc(Br)cc2[N+](=O)[O-])ccn1. The van der Waals surface area contributed by atoms with Crippen LogP contribution in [0.15, 0.2) is 45.0 Å². The van der Waals surface area contributed by atoms with E-state index in [-0.39, 0.29) is 16.4 Å². The molecule has 2 aromatic rings. The average Bonchev–Trinajstić information content (AvgIpc) is 2.41. The Morgan fingerprint density at radius 3 is 2.80 bits per heavy atom. The predicted molar refractivity (Wildman–Crippen MR) is 73.9 cm³/mol. The van der Waals surface area contributed by atoms with Crippen molar-refractivity contribution in [1.82, 2.24) is 9.97 Å². The molecule has 2 rings (SSSR count). The zero-order valence-electron chi connectivity index (χ0n) is 9.69. The van der Waals surface area contributed by atoms with E-state index in [1.807, 2.05) is 0 Å². The summed E-state index contributed by atoms with van der Waals surface area (Å²) in [6.45, 7) is 0. The van der Waals surface area contributed by atoms with Gasteiger partial charge in [0.2, 0.25) is 0 Å². The number of rotatable bonds is 4. The molecule has 2 heterocycles. The number of hydrogen-bond acceptors (Lipinski definition) is 6. The molecular weight excluding hydrogens is 350 g/mol. The van der Waals surface area contributed by atoms with Crippen molar-refractivity contribution in [3.63, 3.8) is 0 Å². The fourth-order valence-electron chi connectivity index (χ4n) is 1.33. The molecule has 0 aromatic carbocycles. The first-order valence-electron chi connectivity index (χ1n) is 5.14. The van der Waals surface area contributed by atoms with Crippen LogP contribution in [0.2, 0.25) is 0 Å². The van der Waals surface area contributed by atoms with Crippen LogP contribution in [0.1, 0.15) is 10.5 Å². The molecular formula is C11H6BrN3O4S. The lowest BCUT2D eigenvalue weighted by Gasteiger charge is -2.03. The van der Waals surface area contributed by atoms with Crippen LogP contribution < -0.4 is 0 Å². The summed E-state index contributed by atoms with van der Waals surface area (Å²) in [5.74, 6) is -1.16. The van der Waals surface area contributed by atoms with Crippen molar-refractivity contribution < 1.29 is 14.8 Å². The van der Waals surface area contributed by atoms with Crippen molar-refractivity contribution in [2.75, 3.05) is 0 Å². The highest BCUT2D eigenvalue weighted by molar-refractivity contribution is 9.10. The molecule has 0 bridgehead atoms. The Morgan fingerprint density at radius 1 is 1.40 bits per heavy atom. The number of hydrogen-bond donors (Lipinski definition) is 1. The van der Waals surface area contributed by atoms with Gasteiger partial charge >= 0.3 is 11.7 Å². The Balaban J connectivity index is 2.37. The summed E-state index contributed by atoms with van der Waals surface area (Å²) in [6, 6.07) is 4.24. The monoisotopic (exact) mass is 355 g/mol. The van der Waals surface area contributed by atoms with Gasteiger partial charge in [-0.3, -0.25) is 10.1 Å². The molecule has 102 valence electrons. The second-order valence-electron chi connectivity index (χ2n) is 3.52. The zero-order valence-corrected chi connectivity index (χ0v) is 12.1. The number of carboxylic acids is 1. The number of nitro groups is 1. The Bertz CT molecular complexity index is 695. The molecule has 0 saturated carbocycles. The number of nitrogens with zero attached hydrogens (tertiary/aromatic N) is 3. The van der Waals surface area contributed by atoms with Crippen LogP contribution in [0.3, 0.4) is 0 Å². The molecule has 0 aliphatic rings. The maximum Gasteiger partial charge on any atom is 0.354 e. The highest BCUT2D eigenvalue weighted by Gasteiger charge is 2.17. The smallest absolute Gasteiger partial charge is 0.354 e. The van der Waals surface area contributed by atoms with Gasteiger partial charge in [0.1, 0.15) is 5.69 Å². The first kappa shape index (κ1) is 14.4. The van der Waals surface area contributed by atoms with Gasteiger partial charge in [0.25, 0.3) is 0 Å². The molecule has 0 aliphatic heterocycles. The molecule has 2 aromatic heterocycles. The second kappa shape index (κ2) is 5.97. The van der Waals surface area contributed by atoms with Crippen molar-refractivity contribution in [2.24, 2.45) is 0 Å². The molecule has 0 saturated heterocycles. The summed E-state index contributed by atoms with van der Waals surface area (Å²) in [5.41, 5.74) is -0.284. The quantitative estimate of drug-likeness (QED) is 0.663. The van der Waals surface area contributed by atoms with Crippen molar-refractivity contribution >= 4 is 39.3 Å². The second-order valence-corrected chi connectivity index (χ2v) is 5.50. The maximum atomic E-state index is 11.0. The molecule has 20 heavy (non-hydrogen) atoms. The van der Waals surface area contributed by atoms with Crippen molar-refractivity contribution in [1.29, 1.82) is 0 Å². The van der Waals surface area contributed by atoms with Gasteiger partial charge in [0, 0.05) is 27.8 Å². The topological polar surface area (TPSA) is 106 Å². The number of aromatic nitrogens is 2. The zero-order chi connectivity index (χ0) is 14.7. The van der Waals surface area contributed by atoms with Crippen molar-refractivity contribution in [3.05, 3.63) is 50.9 Å². The lowest BCUT2D eigenvalue weighted by atomic mass is 10.3. The molecule has 7 nitrogen and oxygen atoms in total. The van der Waals surface area contributed by atoms with Gasteiger partial charge in [-0.2, -0.15) is 0 Å². The van der Waals surface area contributed by atoms with E-state index < -0.39 is 10.9 Å². The van der Waals surface area contributed by atoms with E-state index in [2.05, 4.69) is 25.9 Å². The van der Waals surface area contributed by atoms with Gasteiger partial charge in [-0.15, -0.1) is 0 Å². The van der Waals surface area contributed by atoms with Crippen LogP contribution in [-0.2, 0) is 0 Å². The Morgan fingerprint density at radius 2 is 2.15 bits per heavy atom. The highest BCUT2D eigenvalue weighted by atomic mass is 79.9. The third kappa shape index (κ3) is 3.31. The molecule has 9 heteroatoms. The van der Waals surface area contributed by atoms with Gasteiger partial charge in [0.05, 0.1) is 4.92 Å². The third-order valence-corrected chi connectivity index (χ3v) is 3.59. The van der Waals surface area contributed by atoms with E-state index in [4.69, 9.17) is 5.11 Å². The summed E-state index contributed by atoms with van der Waals surface area (Å²) in [4.78, 5) is 29.4. The molecule has 0 amide bonds. The van der Waals surface area contributed by atoms with E-state index in [0.717, 1.165) is 11.8 Å². The molecule has 0 spiro atoms. The first-order valence-corrected chi connectivity index (χ1v) is 6.75. The minimum atomic E-state index is -1.16. The first-order chi connectivity index (χ1) is 9.47. The fraction of sp³-hybridized carbons (Fsp3) is 0. The molecule has 0 atom stereocenters.